The highest BCUT2D eigenvalue weighted by Crippen LogP contribution is 2.26. The molecule has 1 rings (SSSR count). The number of rotatable bonds is 3. The lowest BCUT2D eigenvalue weighted by Crippen LogP contribution is -2.28. The largest absolute Gasteiger partial charge is 0.367 e. The van der Waals surface area contributed by atoms with Crippen LogP contribution in [0.4, 0.5) is 0 Å². The maximum atomic E-state index is 10.5. The summed E-state index contributed by atoms with van der Waals surface area (Å²) in [5.41, 5.74) is -0.512. The van der Waals surface area contributed by atoms with E-state index in [2.05, 4.69) is 6.58 Å². The molecule has 2 nitrogen and oxygen atoms in total. The molecule has 56 valence electrons. The second-order valence-corrected chi connectivity index (χ2v) is 2.63. The summed E-state index contributed by atoms with van der Waals surface area (Å²) < 4.78 is 5.29. The van der Waals surface area contributed by atoms with Gasteiger partial charge >= 0.3 is 0 Å². The molecule has 0 radical (unpaired) electrons. The highest BCUT2D eigenvalue weighted by molar-refractivity contribution is 5.63. The van der Waals surface area contributed by atoms with E-state index in [1.165, 1.54) is 0 Å². The summed E-state index contributed by atoms with van der Waals surface area (Å²) >= 11 is 0. The van der Waals surface area contributed by atoms with Crippen molar-refractivity contribution in [3.8, 4) is 0 Å². The molecule has 1 aliphatic heterocycles. The standard InChI is InChI=1S/C8H12O2/c1-2-4-8(7-9)5-3-6-10-8/h2,7H,1,3-6H2. The zero-order chi connectivity index (χ0) is 7.45. The van der Waals surface area contributed by atoms with Crippen LogP contribution in [-0.2, 0) is 9.53 Å². The van der Waals surface area contributed by atoms with Crippen molar-refractivity contribution in [2.75, 3.05) is 6.61 Å². The maximum absolute atomic E-state index is 10.5. The first-order valence-corrected chi connectivity index (χ1v) is 3.54. The van der Waals surface area contributed by atoms with Crippen LogP contribution in [0.2, 0.25) is 0 Å². The highest BCUT2D eigenvalue weighted by atomic mass is 16.5. The van der Waals surface area contributed by atoms with Gasteiger partial charge in [-0.05, 0) is 12.8 Å². The van der Waals surface area contributed by atoms with E-state index in [-0.39, 0.29) is 0 Å². The van der Waals surface area contributed by atoms with E-state index in [9.17, 15) is 4.79 Å². The molecule has 1 fully saturated rings. The second kappa shape index (κ2) is 2.97. The third-order valence-electron chi connectivity index (χ3n) is 1.84. The van der Waals surface area contributed by atoms with Crippen LogP contribution in [0.1, 0.15) is 19.3 Å². The quantitative estimate of drug-likeness (QED) is 0.436. The van der Waals surface area contributed by atoms with Crippen molar-refractivity contribution >= 4 is 6.29 Å². The van der Waals surface area contributed by atoms with Gasteiger partial charge in [-0.1, -0.05) is 6.08 Å². The molecule has 1 aliphatic rings. The molecule has 0 aliphatic carbocycles. The van der Waals surface area contributed by atoms with Gasteiger partial charge in [-0.15, -0.1) is 6.58 Å². The minimum absolute atomic E-state index is 0.512. The van der Waals surface area contributed by atoms with Gasteiger partial charge in [0.25, 0.3) is 0 Å². The molecule has 0 aromatic heterocycles. The van der Waals surface area contributed by atoms with Gasteiger partial charge < -0.3 is 9.53 Å². The van der Waals surface area contributed by atoms with E-state index in [1.54, 1.807) is 6.08 Å². The predicted molar refractivity (Wildman–Crippen MR) is 38.8 cm³/mol. The average molecular weight is 140 g/mol. The van der Waals surface area contributed by atoms with E-state index in [1.807, 2.05) is 0 Å². The zero-order valence-electron chi connectivity index (χ0n) is 6.01. The topological polar surface area (TPSA) is 26.3 Å². The van der Waals surface area contributed by atoms with Crippen molar-refractivity contribution in [1.82, 2.24) is 0 Å². The molecule has 1 unspecified atom stereocenters. The minimum Gasteiger partial charge on any atom is -0.367 e. The molecule has 1 atom stereocenters. The van der Waals surface area contributed by atoms with E-state index >= 15 is 0 Å². The molecule has 2 heteroatoms. The van der Waals surface area contributed by atoms with E-state index in [0.717, 1.165) is 19.1 Å². The van der Waals surface area contributed by atoms with Crippen LogP contribution in [0, 0.1) is 0 Å². The van der Waals surface area contributed by atoms with Crippen molar-refractivity contribution < 1.29 is 9.53 Å². The van der Waals surface area contributed by atoms with E-state index < -0.39 is 5.60 Å². The van der Waals surface area contributed by atoms with Crippen molar-refractivity contribution in [3.05, 3.63) is 12.7 Å². The Labute approximate surface area is 60.9 Å². The van der Waals surface area contributed by atoms with Gasteiger partial charge in [0.15, 0.2) is 6.29 Å². The Morgan fingerprint density at radius 2 is 2.50 bits per heavy atom. The minimum atomic E-state index is -0.512. The molecule has 0 amide bonds. The van der Waals surface area contributed by atoms with Gasteiger partial charge in [0.05, 0.1) is 0 Å². The fraction of sp³-hybridized carbons (Fsp3) is 0.625. The first kappa shape index (κ1) is 7.48. The Kier molecular flexibility index (Phi) is 2.22. The molecule has 0 aromatic rings. The number of ether oxygens (including phenoxy) is 1. The van der Waals surface area contributed by atoms with Gasteiger partial charge in [-0.2, -0.15) is 0 Å². The Morgan fingerprint density at radius 3 is 2.90 bits per heavy atom. The number of carbonyl (C=O) groups excluding carboxylic acids is 1. The van der Waals surface area contributed by atoms with Gasteiger partial charge in [-0.3, -0.25) is 0 Å². The van der Waals surface area contributed by atoms with Crippen LogP contribution in [0.15, 0.2) is 12.7 Å². The number of hydrogen-bond acceptors (Lipinski definition) is 2. The summed E-state index contributed by atoms with van der Waals surface area (Å²) in [6.07, 6.45) is 5.13. The SMILES string of the molecule is C=CCC1(C=O)CCCO1. The summed E-state index contributed by atoms with van der Waals surface area (Å²) in [7, 11) is 0. The van der Waals surface area contributed by atoms with Crippen LogP contribution in [0.25, 0.3) is 0 Å². The fourth-order valence-electron chi connectivity index (χ4n) is 1.27. The van der Waals surface area contributed by atoms with Crippen molar-refractivity contribution in [1.29, 1.82) is 0 Å². The Hall–Kier alpha value is -0.630. The molecule has 10 heavy (non-hydrogen) atoms. The summed E-state index contributed by atoms with van der Waals surface area (Å²) in [5, 5.41) is 0. The lowest BCUT2D eigenvalue weighted by atomic mass is 9.98. The molecule has 0 saturated carbocycles. The molecule has 0 N–H and O–H groups in total. The molecule has 0 spiro atoms. The van der Waals surface area contributed by atoms with Crippen LogP contribution >= 0.6 is 0 Å². The number of carbonyl (C=O) groups is 1. The lowest BCUT2D eigenvalue weighted by Gasteiger charge is -2.18. The van der Waals surface area contributed by atoms with Crippen LogP contribution in [0.3, 0.4) is 0 Å². The summed E-state index contributed by atoms with van der Waals surface area (Å²) in [4.78, 5) is 10.5. The number of aldehydes is 1. The zero-order valence-corrected chi connectivity index (χ0v) is 6.01. The summed E-state index contributed by atoms with van der Waals surface area (Å²) in [6, 6.07) is 0. The van der Waals surface area contributed by atoms with Gasteiger partial charge in [0, 0.05) is 13.0 Å². The van der Waals surface area contributed by atoms with Gasteiger partial charge in [-0.25, -0.2) is 0 Å². The van der Waals surface area contributed by atoms with Crippen molar-refractivity contribution in [2.24, 2.45) is 0 Å². The van der Waals surface area contributed by atoms with E-state index in [4.69, 9.17) is 4.74 Å². The van der Waals surface area contributed by atoms with Crippen LogP contribution in [-0.4, -0.2) is 18.5 Å². The molecular weight excluding hydrogens is 128 g/mol. The first-order chi connectivity index (χ1) is 4.83. The Bertz CT molecular complexity index is 134. The maximum Gasteiger partial charge on any atom is 0.152 e. The summed E-state index contributed by atoms with van der Waals surface area (Å²) in [5.74, 6) is 0. The predicted octanol–water partition coefficient (Wildman–Crippen LogP) is 1.31. The van der Waals surface area contributed by atoms with Gasteiger partial charge in [0.1, 0.15) is 5.60 Å². The third-order valence-corrected chi connectivity index (χ3v) is 1.84. The molecule has 1 heterocycles. The molecule has 1 saturated heterocycles. The molecular formula is C8H12O2. The molecule has 0 bridgehead atoms. The lowest BCUT2D eigenvalue weighted by molar-refractivity contribution is -0.125. The number of hydrogen-bond donors (Lipinski definition) is 0. The Balaban J connectivity index is 2.57. The smallest absolute Gasteiger partial charge is 0.152 e. The van der Waals surface area contributed by atoms with E-state index in [0.29, 0.717) is 13.0 Å². The van der Waals surface area contributed by atoms with Crippen molar-refractivity contribution in [3.63, 3.8) is 0 Å². The first-order valence-electron chi connectivity index (χ1n) is 3.54. The van der Waals surface area contributed by atoms with Crippen molar-refractivity contribution in [2.45, 2.75) is 24.9 Å². The van der Waals surface area contributed by atoms with Gasteiger partial charge in [0.2, 0.25) is 0 Å². The van der Waals surface area contributed by atoms with Crippen LogP contribution < -0.4 is 0 Å². The summed E-state index contributed by atoms with van der Waals surface area (Å²) in [6.45, 7) is 4.29. The monoisotopic (exact) mass is 140 g/mol. The average Bonchev–Trinajstić information content (AvgIpc) is 2.39. The second-order valence-electron chi connectivity index (χ2n) is 2.63. The normalized spacial score (nSPS) is 32.0. The fourth-order valence-corrected chi connectivity index (χ4v) is 1.27. The highest BCUT2D eigenvalue weighted by Gasteiger charge is 2.33. The molecule has 0 aromatic carbocycles. The third kappa shape index (κ3) is 1.27. The Morgan fingerprint density at radius 1 is 1.70 bits per heavy atom. The van der Waals surface area contributed by atoms with Crippen LogP contribution in [0.5, 0.6) is 0 Å².